The number of rotatable bonds is 3. The van der Waals surface area contributed by atoms with E-state index in [0.29, 0.717) is 18.5 Å². The molecule has 0 aliphatic carbocycles. The van der Waals surface area contributed by atoms with E-state index >= 15 is 0 Å². The zero-order chi connectivity index (χ0) is 17.9. The van der Waals surface area contributed by atoms with Crippen LogP contribution in [0, 0.1) is 0 Å². The molecule has 3 heterocycles. The molecular weight excluding hydrogens is 328 g/mol. The van der Waals surface area contributed by atoms with Gasteiger partial charge in [-0.2, -0.15) is 0 Å². The Balaban J connectivity index is 1.63. The molecule has 1 fully saturated rings. The lowest BCUT2D eigenvalue weighted by Crippen LogP contribution is -2.49. The molecule has 1 saturated heterocycles. The second kappa shape index (κ2) is 7.09. The van der Waals surface area contributed by atoms with Crippen molar-refractivity contribution in [1.29, 1.82) is 0 Å². The van der Waals surface area contributed by atoms with Gasteiger partial charge in [-0.15, -0.1) is 0 Å². The van der Waals surface area contributed by atoms with Gasteiger partial charge in [-0.05, 0) is 23.8 Å². The summed E-state index contributed by atoms with van der Waals surface area (Å²) in [5.41, 5.74) is 1.78. The van der Waals surface area contributed by atoms with Crippen LogP contribution in [0.1, 0.15) is 11.6 Å². The normalized spacial score (nSPS) is 17.4. The molecule has 1 aliphatic rings. The molecule has 1 aliphatic heterocycles. The highest BCUT2D eigenvalue weighted by Crippen LogP contribution is 2.22. The summed E-state index contributed by atoms with van der Waals surface area (Å²) in [6.07, 6.45) is 5.24. The number of carbonyl (C=O) groups is 1. The average Bonchev–Trinajstić information content (AvgIpc) is 2.71. The smallest absolute Gasteiger partial charge is 0.243 e. The second-order valence-electron chi connectivity index (χ2n) is 6.42. The van der Waals surface area contributed by atoms with E-state index in [0.717, 1.165) is 17.6 Å². The molecule has 132 valence electrons. The summed E-state index contributed by atoms with van der Waals surface area (Å²) >= 11 is 0. The molecule has 1 N–H and O–H groups in total. The van der Waals surface area contributed by atoms with Crippen molar-refractivity contribution in [3.8, 4) is 0 Å². The highest BCUT2D eigenvalue weighted by atomic mass is 16.2. The monoisotopic (exact) mass is 348 g/mol. The topological polar surface area (TPSA) is 67.2 Å². The van der Waals surface area contributed by atoms with Crippen molar-refractivity contribution in [2.45, 2.75) is 12.6 Å². The number of hydrogen-bond donors (Lipinski definition) is 1. The molecule has 1 amide bonds. The SMILES string of the molecule is O=C(Cn1ccc(=O)c2ccccc21)N1CCNCC1c1cccnc1. The van der Waals surface area contributed by atoms with Crippen molar-refractivity contribution in [3.63, 3.8) is 0 Å². The predicted octanol–water partition coefficient (Wildman–Crippen LogP) is 1.57. The first-order valence-corrected chi connectivity index (χ1v) is 8.72. The number of amides is 1. The van der Waals surface area contributed by atoms with E-state index in [4.69, 9.17) is 0 Å². The number of benzene rings is 1. The van der Waals surface area contributed by atoms with Gasteiger partial charge < -0.3 is 14.8 Å². The predicted molar refractivity (Wildman–Crippen MR) is 99.8 cm³/mol. The lowest BCUT2D eigenvalue weighted by molar-refractivity contribution is -0.135. The summed E-state index contributed by atoms with van der Waals surface area (Å²) in [5.74, 6) is 0.0363. The van der Waals surface area contributed by atoms with Crippen molar-refractivity contribution in [2.75, 3.05) is 19.6 Å². The van der Waals surface area contributed by atoms with Gasteiger partial charge in [-0.1, -0.05) is 18.2 Å². The van der Waals surface area contributed by atoms with Crippen molar-refractivity contribution in [3.05, 3.63) is 76.8 Å². The van der Waals surface area contributed by atoms with Crippen LogP contribution in [0.15, 0.2) is 65.8 Å². The minimum absolute atomic E-state index is 0.0280. The number of nitrogens with zero attached hydrogens (tertiary/aromatic N) is 3. The Morgan fingerprint density at radius 3 is 2.92 bits per heavy atom. The molecule has 0 radical (unpaired) electrons. The lowest BCUT2D eigenvalue weighted by atomic mass is 10.1. The molecule has 26 heavy (non-hydrogen) atoms. The zero-order valence-corrected chi connectivity index (χ0v) is 14.3. The van der Waals surface area contributed by atoms with Crippen molar-refractivity contribution in [2.24, 2.45) is 0 Å². The van der Waals surface area contributed by atoms with Gasteiger partial charge in [0.25, 0.3) is 0 Å². The molecule has 0 spiro atoms. The number of carbonyl (C=O) groups excluding carboxylic acids is 1. The van der Waals surface area contributed by atoms with Gasteiger partial charge in [0.2, 0.25) is 5.91 Å². The van der Waals surface area contributed by atoms with E-state index in [9.17, 15) is 9.59 Å². The molecule has 6 heteroatoms. The van der Waals surface area contributed by atoms with Crippen LogP contribution in [0.25, 0.3) is 10.9 Å². The average molecular weight is 348 g/mol. The largest absolute Gasteiger partial charge is 0.338 e. The summed E-state index contributed by atoms with van der Waals surface area (Å²) in [6, 6.07) is 12.8. The standard InChI is InChI=1S/C20H20N4O2/c25-19-7-10-23(17-6-2-1-5-16(17)19)14-20(26)24-11-9-22-13-18(24)15-4-3-8-21-12-15/h1-8,10,12,18,22H,9,11,13-14H2. The van der Waals surface area contributed by atoms with E-state index in [2.05, 4.69) is 10.3 Å². The van der Waals surface area contributed by atoms with Gasteiger partial charge in [0, 0.05) is 49.7 Å². The second-order valence-corrected chi connectivity index (χ2v) is 6.42. The van der Waals surface area contributed by atoms with Crippen molar-refractivity contribution >= 4 is 16.8 Å². The van der Waals surface area contributed by atoms with Crippen LogP contribution in [-0.4, -0.2) is 40.0 Å². The quantitative estimate of drug-likeness (QED) is 0.780. The van der Waals surface area contributed by atoms with Crippen LogP contribution in [0.2, 0.25) is 0 Å². The van der Waals surface area contributed by atoms with E-state index in [-0.39, 0.29) is 23.9 Å². The number of para-hydroxylation sites is 1. The van der Waals surface area contributed by atoms with E-state index in [1.165, 1.54) is 6.07 Å². The molecule has 0 saturated carbocycles. The Morgan fingerprint density at radius 1 is 1.19 bits per heavy atom. The van der Waals surface area contributed by atoms with E-state index in [1.54, 1.807) is 18.5 Å². The molecular formula is C20H20N4O2. The Kier molecular flexibility index (Phi) is 4.50. The summed E-state index contributed by atoms with van der Waals surface area (Å²) in [5, 5.41) is 3.98. The molecule has 2 aromatic heterocycles. The fraction of sp³-hybridized carbons (Fsp3) is 0.250. The minimum Gasteiger partial charge on any atom is -0.338 e. The van der Waals surface area contributed by atoms with Gasteiger partial charge in [-0.3, -0.25) is 14.6 Å². The maximum Gasteiger partial charge on any atom is 0.243 e. The Morgan fingerprint density at radius 2 is 2.08 bits per heavy atom. The first-order valence-electron chi connectivity index (χ1n) is 8.72. The highest BCUT2D eigenvalue weighted by molar-refractivity contribution is 5.82. The Bertz CT molecular complexity index is 984. The molecule has 1 unspecified atom stereocenters. The lowest BCUT2D eigenvalue weighted by Gasteiger charge is -2.36. The van der Waals surface area contributed by atoms with Gasteiger partial charge in [0.05, 0.1) is 11.6 Å². The summed E-state index contributed by atoms with van der Waals surface area (Å²) in [6.45, 7) is 2.34. The number of aromatic nitrogens is 2. The van der Waals surface area contributed by atoms with Gasteiger partial charge in [0.15, 0.2) is 5.43 Å². The number of piperazine rings is 1. The van der Waals surface area contributed by atoms with Crippen LogP contribution >= 0.6 is 0 Å². The van der Waals surface area contributed by atoms with Crippen LogP contribution in [0.4, 0.5) is 0 Å². The third-order valence-electron chi connectivity index (χ3n) is 4.82. The summed E-state index contributed by atoms with van der Waals surface area (Å²) in [7, 11) is 0. The third-order valence-corrected chi connectivity index (χ3v) is 4.82. The first-order chi connectivity index (χ1) is 12.7. The molecule has 0 bridgehead atoms. The van der Waals surface area contributed by atoms with E-state index < -0.39 is 0 Å². The van der Waals surface area contributed by atoms with Gasteiger partial charge >= 0.3 is 0 Å². The zero-order valence-electron chi connectivity index (χ0n) is 14.3. The van der Waals surface area contributed by atoms with Crippen LogP contribution in [0.5, 0.6) is 0 Å². The van der Waals surface area contributed by atoms with Crippen LogP contribution in [-0.2, 0) is 11.3 Å². The van der Waals surface area contributed by atoms with E-state index in [1.807, 2.05) is 46.0 Å². The Hall–Kier alpha value is -2.99. The van der Waals surface area contributed by atoms with Crippen LogP contribution < -0.4 is 10.7 Å². The molecule has 6 nitrogen and oxygen atoms in total. The van der Waals surface area contributed by atoms with Crippen molar-refractivity contribution < 1.29 is 4.79 Å². The van der Waals surface area contributed by atoms with Gasteiger partial charge in [-0.25, -0.2) is 0 Å². The highest BCUT2D eigenvalue weighted by Gasteiger charge is 2.28. The molecule has 3 aromatic rings. The summed E-state index contributed by atoms with van der Waals surface area (Å²) < 4.78 is 1.85. The maximum absolute atomic E-state index is 13.1. The van der Waals surface area contributed by atoms with Gasteiger partial charge in [0.1, 0.15) is 6.54 Å². The molecule has 1 aromatic carbocycles. The third kappa shape index (κ3) is 3.11. The number of fused-ring (bicyclic) bond motifs is 1. The van der Waals surface area contributed by atoms with Crippen molar-refractivity contribution in [1.82, 2.24) is 19.8 Å². The fourth-order valence-corrected chi connectivity index (χ4v) is 3.51. The minimum atomic E-state index is -0.0319. The molecule has 4 rings (SSSR count). The van der Waals surface area contributed by atoms with Crippen LogP contribution in [0.3, 0.4) is 0 Å². The summed E-state index contributed by atoms with van der Waals surface area (Å²) in [4.78, 5) is 31.2. The number of hydrogen-bond acceptors (Lipinski definition) is 4. The molecule has 1 atom stereocenters. The first kappa shape index (κ1) is 16.5. The Labute approximate surface area is 151 Å². The number of pyridine rings is 2. The maximum atomic E-state index is 13.1. The fourth-order valence-electron chi connectivity index (χ4n) is 3.51. The number of nitrogens with one attached hydrogen (secondary N) is 1.